The molecule has 1 rings (SSSR count). The van der Waals surface area contributed by atoms with Crippen LogP contribution in [0.1, 0.15) is 5.56 Å². The van der Waals surface area contributed by atoms with Gasteiger partial charge in [-0.05, 0) is 11.6 Å². The number of hydrogen-bond acceptors (Lipinski definition) is 4. The van der Waals surface area contributed by atoms with Crippen LogP contribution in [-0.4, -0.2) is 24.9 Å². The van der Waals surface area contributed by atoms with E-state index in [2.05, 4.69) is 9.72 Å². The van der Waals surface area contributed by atoms with E-state index in [1.165, 1.54) is 19.4 Å². The van der Waals surface area contributed by atoms with Crippen LogP contribution < -0.4 is 15.2 Å². The highest BCUT2D eigenvalue weighted by Crippen LogP contribution is 2.26. The van der Waals surface area contributed by atoms with E-state index in [1.54, 1.807) is 0 Å². The van der Waals surface area contributed by atoms with Crippen LogP contribution in [0.15, 0.2) is 12.3 Å². The molecule has 16 heavy (non-hydrogen) atoms. The van der Waals surface area contributed by atoms with Crippen LogP contribution in [0.2, 0.25) is 0 Å². The average Bonchev–Trinajstić information content (AvgIpc) is 2.25. The van der Waals surface area contributed by atoms with Gasteiger partial charge in [-0.1, -0.05) is 0 Å². The third kappa shape index (κ3) is 3.58. The van der Waals surface area contributed by atoms with Crippen molar-refractivity contribution in [1.29, 1.82) is 0 Å². The lowest BCUT2D eigenvalue weighted by Crippen LogP contribution is -2.20. The van der Waals surface area contributed by atoms with Crippen LogP contribution in [0.25, 0.3) is 0 Å². The van der Waals surface area contributed by atoms with E-state index in [4.69, 9.17) is 10.5 Å². The van der Waals surface area contributed by atoms with Gasteiger partial charge in [-0.3, -0.25) is 0 Å². The summed E-state index contributed by atoms with van der Waals surface area (Å²) in [4.78, 5) is 3.70. The fourth-order valence-corrected chi connectivity index (χ4v) is 0.989. The molecule has 1 heterocycles. The number of aromatic nitrogens is 1. The fourth-order valence-electron chi connectivity index (χ4n) is 0.989. The van der Waals surface area contributed by atoms with Crippen molar-refractivity contribution in [2.24, 2.45) is 5.73 Å². The van der Waals surface area contributed by atoms with E-state index < -0.39 is 12.8 Å². The Kier molecular flexibility index (Phi) is 3.94. The van der Waals surface area contributed by atoms with Gasteiger partial charge in [-0.15, -0.1) is 0 Å². The SMILES string of the molecule is COc1cc(CN)cnc1OCC(F)(F)F. The van der Waals surface area contributed by atoms with Crippen LogP contribution in [0.3, 0.4) is 0 Å². The second-order valence-electron chi connectivity index (χ2n) is 2.96. The van der Waals surface area contributed by atoms with Crippen LogP contribution in [0.4, 0.5) is 13.2 Å². The summed E-state index contributed by atoms with van der Waals surface area (Å²) in [6, 6.07) is 1.48. The van der Waals surface area contributed by atoms with Crippen LogP contribution in [-0.2, 0) is 6.54 Å². The summed E-state index contributed by atoms with van der Waals surface area (Å²) in [7, 11) is 1.32. The third-order valence-electron chi connectivity index (χ3n) is 1.70. The first-order chi connectivity index (χ1) is 7.46. The predicted octanol–water partition coefficient (Wildman–Crippen LogP) is 1.49. The van der Waals surface area contributed by atoms with Gasteiger partial charge in [0.05, 0.1) is 7.11 Å². The van der Waals surface area contributed by atoms with Crippen molar-refractivity contribution in [3.05, 3.63) is 17.8 Å². The molecule has 0 spiro atoms. The molecule has 0 atom stereocenters. The van der Waals surface area contributed by atoms with Gasteiger partial charge in [-0.2, -0.15) is 13.2 Å². The molecule has 0 aliphatic carbocycles. The topological polar surface area (TPSA) is 57.4 Å². The van der Waals surface area contributed by atoms with Crippen molar-refractivity contribution < 1.29 is 22.6 Å². The highest BCUT2D eigenvalue weighted by Gasteiger charge is 2.29. The van der Waals surface area contributed by atoms with Crippen molar-refractivity contribution in [2.75, 3.05) is 13.7 Å². The average molecular weight is 236 g/mol. The summed E-state index contributed by atoms with van der Waals surface area (Å²) >= 11 is 0. The number of ether oxygens (including phenoxy) is 2. The van der Waals surface area contributed by atoms with E-state index >= 15 is 0 Å². The highest BCUT2D eigenvalue weighted by atomic mass is 19.4. The first-order valence-corrected chi connectivity index (χ1v) is 4.39. The molecule has 1 aromatic heterocycles. The van der Waals surface area contributed by atoms with Crippen molar-refractivity contribution in [2.45, 2.75) is 12.7 Å². The number of pyridine rings is 1. The maximum Gasteiger partial charge on any atom is 0.422 e. The maximum absolute atomic E-state index is 11.9. The fraction of sp³-hybridized carbons (Fsp3) is 0.444. The molecule has 4 nitrogen and oxygen atoms in total. The van der Waals surface area contributed by atoms with Gasteiger partial charge in [0.1, 0.15) is 0 Å². The smallest absolute Gasteiger partial charge is 0.422 e. The molecule has 1 aromatic rings. The van der Waals surface area contributed by atoms with Gasteiger partial charge in [-0.25, -0.2) is 4.98 Å². The zero-order chi connectivity index (χ0) is 12.2. The minimum absolute atomic E-state index is 0.132. The van der Waals surface area contributed by atoms with E-state index in [9.17, 15) is 13.2 Å². The number of nitrogens with two attached hydrogens (primary N) is 1. The van der Waals surface area contributed by atoms with Crippen LogP contribution in [0, 0.1) is 0 Å². The summed E-state index contributed by atoms with van der Waals surface area (Å²) in [5, 5.41) is 0. The lowest BCUT2D eigenvalue weighted by atomic mass is 10.3. The quantitative estimate of drug-likeness (QED) is 0.860. The van der Waals surface area contributed by atoms with Gasteiger partial charge in [0.25, 0.3) is 5.88 Å². The predicted molar refractivity (Wildman–Crippen MR) is 50.2 cm³/mol. The second-order valence-corrected chi connectivity index (χ2v) is 2.96. The lowest BCUT2D eigenvalue weighted by molar-refractivity contribution is -0.154. The summed E-state index contributed by atoms with van der Waals surface area (Å²) < 4.78 is 45.1. The normalized spacial score (nSPS) is 11.3. The minimum atomic E-state index is -4.40. The molecule has 0 saturated carbocycles. The van der Waals surface area contributed by atoms with Crippen molar-refractivity contribution in [3.63, 3.8) is 0 Å². The molecule has 0 bridgehead atoms. The maximum atomic E-state index is 11.9. The lowest BCUT2D eigenvalue weighted by Gasteiger charge is -2.11. The first kappa shape index (κ1) is 12.6. The monoisotopic (exact) mass is 236 g/mol. The zero-order valence-corrected chi connectivity index (χ0v) is 8.54. The Morgan fingerprint density at radius 2 is 2.12 bits per heavy atom. The van der Waals surface area contributed by atoms with Crippen molar-refractivity contribution in [3.8, 4) is 11.6 Å². The number of nitrogens with zero attached hydrogens (tertiary/aromatic N) is 1. The Morgan fingerprint density at radius 3 is 2.62 bits per heavy atom. The Labute approximate surface area is 90.2 Å². The number of halogens is 3. The second kappa shape index (κ2) is 5.02. The van der Waals surface area contributed by atoms with Gasteiger partial charge < -0.3 is 15.2 Å². The first-order valence-electron chi connectivity index (χ1n) is 4.39. The zero-order valence-electron chi connectivity index (χ0n) is 8.54. The van der Waals surface area contributed by atoms with Gasteiger partial charge in [0, 0.05) is 12.7 Å². The van der Waals surface area contributed by atoms with Gasteiger partial charge in [0.15, 0.2) is 12.4 Å². The summed E-state index contributed by atoms with van der Waals surface area (Å²) in [5.41, 5.74) is 6.00. The molecule has 0 amide bonds. The minimum Gasteiger partial charge on any atom is -0.491 e. The largest absolute Gasteiger partial charge is 0.491 e. The molecule has 2 N–H and O–H groups in total. The molecule has 7 heteroatoms. The van der Waals surface area contributed by atoms with Gasteiger partial charge >= 0.3 is 6.18 Å². The number of hydrogen-bond donors (Lipinski definition) is 1. The van der Waals surface area contributed by atoms with Crippen molar-refractivity contribution >= 4 is 0 Å². The molecular weight excluding hydrogens is 225 g/mol. The van der Waals surface area contributed by atoms with E-state index in [0.717, 1.165) is 0 Å². The molecule has 90 valence electrons. The Hall–Kier alpha value is -1.50. The molecule has 0 aromatic carbocycles. The Balaban J connectivity index is 2.79. The standard InChI is InChI=1S/C9H11F3N2O2/c1-15-7-2-6(3-13)4-14-8(7)16-5-9(10,11)12/h2,4H,3,5,13H2,1H3. The van der Waals surface area contributed by atoms with Gasteiger partial charge in [0.2, 0.25) is 0 Å². The molecule has 0 radical (unpaired) electrons. The number of methoxy groups -OCH3 is 1. The molecule has 0 unspecified atom stereocenters. The van der Waals surface area contributed by atoms with Crippen LogP contribution in [0.5, 0.6) is 11.6 Å². The summed E-state index contributed by atoms with van der Waals surface area (Å²) in [5.74, 6) is -0.0655. The van der Waals surface area contributed by atoms with E-state index in [-0.39, 0.29) is 18.2 Å². The Bertz CT molecular complexity index is 355. The number of rotatable bonds is 4. The molecular formula is C9H11F3N2O2. The van der Waals surface area contributed by atoms with E-state index in [1.807, 2.05) is 0 Å². The third-order valence-corrected chi connectivity index (χ3v) is 1.70. The summed E-state index contributed by atoms with van der Waals surface area (Å²) in [6.45, 7) is -1.18. The number of alkyl halides is 3. The Morgan fingerprint density at radius 1 is 1.44 bits per heavy atom. The summed E-state index contributed by atoms with van der Waals surface area (Å²) in [6.07, 6.45) is -3.06. The molecule has 0 saturated heterocycles. The van der Waals surface area contributed by atoms with E-state index in [0.29, 0.717) is 5.56 Å². The van der Waals surface area contributed by atoms with Crippen molar-refractivity contribution in [1.82, 2.24) is 4.98 Å². The molecule has 0 aliphatic rings. The highest BCUT2D eigenvalue weighted by molar-refractivity contribution is 5.36. The van der Waals surface area contributed by atoms with Crippen LogP contribution >= 0.6 is 0 Å². The molecule has 0 fully saturated rings. The molecule has 0 aliphatic heterocycles.